The monoisotopic (exact) mass is 378 g/mol. The zero-order valence-corrected chi connectivity index (χ0v) is 13.9. The number of aromatic nitrogens is 2. The number of hydrogen-bond acceptors (Lipinski definition) is 3. The van der Waals surface area contributed by atoms with Crippen molar-refractivity contribution in [3.63, 3.8) is 0 Å². The van der Waals surface area contributed by atoms with Crippen LogP contribution in [0, 0.1) is 9.62 Å². The molecule has 108 valence electrons. The average Bonchev–Trinajstić information content (AvgIpc) is 2.77. The Labute approximate surface area is 128 Å². The molecule has 0 atom stereocenters. The highest BCUT2D eigenvalue weighted by atomic mass is 127. The number of hydrogen-bond donors (Lipinski definition) is 1. The predicted molar refractivity (Wildman–Crippen MR) is 83.9 cm³/mol. The van der Waals surface area contributed by atoms with Gasteiger partial charge in [-0.05, 0) is 41.4 Å². The lowest BCUT2D eigenvalue weighted by molar-refractivity contribution is -0.144. The van der Waals surface area contributed by atoms with Crippen LogP contribution in [0.5, 0.6) is 0 Å². The number of ether oxygens (including phenoxy) is 1. The summed E-state index contributed by atoms with van der Waals surface area (Å²) >= 11 is 2.23. The Balaban J connectivity index is 1.95. The average molecular weight is 378 g/mol. The number of halogens is 1. The summed E-state index contributed by atoms with van der Waals surface area (Å²) in [5.41, 5.74) is 0. The second-order valence-electron chi connectivity index (χ2n) is 5.17. The van der Waals surface area contributed by atoms with Gasteiger partial charge >= 0.3 is 5.97 Å². The van der Waals surface area contributed by atoms with Crippen LogP contribution >= 0.6 is 22.6 Å². The topological polar surface area (TPSA) is 55.0 Å². The molecule has 5 heteroatoms. The number of rotatable bonds is 9. The summed E-state index contributed by atoms with van der Waals surface area (Å²) in [5, 5.41) is 0. The standard InChI is InChI=1S/C14H23IN2O2/c1-11(2)10-19-14(18)8-6-4-3-5-7-13-16-9-12(15)17-13/h9,11H,3-8,10H2,1-2H3,(H,16,17). The Hall–Kier alpha value is -0.590. The summed E-state index contributed by atoms with van der Waals surface area (Å²) < 4.78 is 6.21. The van der Waals surface area contributed by atoms with Crippen LogP contribution in [0.15, 0.2) is 6.20 Å². The first-order valence-electron chi connectivity index (χ1n) is 6.93. The van der Waals surface area contributed by atoms with Crippen molar-refractivity contribution in [3.05, 3.63) is 15.7 Å². The van der Waals surface area contributed by atoms with Gasteiger partial charge in [0.15, 0.2) is 0 Å². The number of aryl methyl sites for hydroxylation is 1. The maximum Gasteiger partial charge on any atom is 0.305 e. The molecule has 1 N–H and O–H groups in total. The van der Waals surface area contributed by atoms with Gasteiger partial charge in [-0.2, -0.15) is 0 Å². The van der Waals surface area contributed by atoms with Crippen LogP contribution < -0.4 is 0 Å². The van der Waals surface area contributed by atoms with Gasteiger partial charge < -0.3 is 9.72 Å². The fraction of sp³-hybridized carbons (Fsp3) is 0.714. The Kier molecular flexibility index (Phi) is 8.09. The quantitative estimate of drug-likeness (QED) is 0.405. The third-order valence-corrected chi connectivity index (χ3v) is 3.27. The second kappa shape index (κ2) is 9.34. The highest BCUT2D eigenvalue weighted by molar-refractivity contribution is 14.1. The van der Waals surface area contributed by atoms with E-state index in [2.05, 4.69) is 32.6 Å². The van der Waals surface area contributed by atoms with Crippen molar-refractivity contribution in [2.45, 2.75) is 52.4 Å². The highest BCUT2D eigenvalue weighted by Crippen LogP contribution is 2.09. The van der Waals surface area contributed by atoms with Crippen molar-refractivity contribution in [2.75, 3.05) is 6.61 Å². The van der Waals surface area contributed by atoms with E-state index in [0.717, 1.165) is 41.6 Å². The molecular formula is C14H23IN2O2. The van der Waals surface area contributed by atoms with Gasteiger partial charge in [-0.15, -0.1) is 0 Å². The smallest absolute Gasteiger partial charge is 0.305 e. The predicted octanol–water partition coefficient (Wildman–Crippen LogP) is 3.71. The van der Waals surface area contributed by atoms with Crippen LogP contribution in [0.1, 0.15) is 51.8 Å². The molecule has 0 spiro atoms. The van der Waals surface area contributed by atoms with Crippen molar-refractivity contribution in [3.8, 4) is 0 Å². The van der Waals surface area contributed by atoms with Gasteiger partial charge in [-0.25, -0.2) is 4.98 Å². The lowest BCUT2D eigenvalue weighted by Gasteiger charge is -2.06. The molecule has 0 saturated carbocycles. The minimum Gasteiger partial charge on any atom is -0.465 e. The molecule has 1 rings (SSSR count). The largest absolute Gasteiger partial charge is 0.465 e. The molecular weight excluding hydrogens is 355 g/mol. The molecule has 0 aromatic carbocycles. The van der Waals surface area contributed by atoms with Gasteiger partial charge in [0.2, 0.25) is 0 Å². The summed E-state index contributed by atoms with van der Waals surface area (Å²) in [7, 11) is 0. The van der Waals surface area contributed by atoms with Gasteiger partial charge in [0.1, 0.15) is 5.82 Å². The lowest BCUT2D eigenvalue weighted by atomic mass is 10.1. The summed E-state index contributed by atoms with van der Waals surface area (Å²) in [6, 6.07) is 0. The number of carbonyl (C=O) groups is 1. The van der Waals surface area contributed by atoms with E-state index in [4.69, 9.17) is 4.74 Å². The first-order chi connectivity index (χ1) is 9.08. The molecule has 0 amide bonds. The Morgan fingerprint density at radius 3 is 2.74 bits per heavy atom. The number of carbonyl (C=O) groups excluding carboxylic acids is 1. The second-order valence-corrected chi connectivity index (χ2v) is 6.33. The third kappa shape index (κ3) is 8.23. The summed E-state index contributed by atoms with van der Waals surface area (Å²) in [6.07, 6.45) is 7.63. The van der Waals surface area contributed by atoms with E-state index in [-0.39, 0.29) is 5.97 Å². The zero-order valence-electron chi connectivity index (χ0n) is 11.7. The van der Waals surface area contributed by atoms with Crippen molar-refractivity contribution in [1.29, 1.82) is 0 Å². The molecule has 0 aliphatic rings. The van der Waals surface area contributed by atoms with Crippen molar-refractivity contribution in [2.24, 2.45) is 5.92 Å². The number of aromatic amines is 1. The fourth-order valence-corrected chi connectivity index (χ4v) is 2.16. The minimum atomic E-state index is -0.0608. The molecule has 0 unspecified atom stereocenters. The molecule has 1 aromatic rings. The van der Waals surface area contributed by atoms with Gasteiger partial charge in [-0.3, -0.25) is 4.79 Å². The van der Waals surface area contributed by atoms with Gasteiger partial charge in [0, 0.05) is 12.8 Å². The summed E-state index contributed by atoms with van der Waals surface area (Å²) in [6.45, 7) is 4.63. The molecule has 0 fully saturated rings. The molecule has 0 radical (unpaired) electrons. The SMILES string of the molecule is CC(C)COC(=O)CCCCCCc1ncc(I)[nH]1. The number of nitrogens with one attached hydrogen (secondary N) is 1. The van der Waals surface area contributed by atoms with E-state index in [0.29, 0.717) is 18.9 Å². The molecule has 1 aromatic heterocycles. The Morgan fingerprint density at radius 1 is 1.37 bits per heavy atom. The van der Waals surface area contributed by atoms with Crippen molar-refractivity contribution >= 4 is 28.6 Å². The van der Waals surface area contributed by atoms with E-state index >= 15 is 0 Å². The molecule has 0 bridgehead atoms. The summed E-state index contributed by atoms with van der Waals surface area (Å²) in [4.78, 5) is 18.8. The van der Waals surface area contributed by atoms with E-state index < -0.39 is 0 Å². The van der Waals surface area contributed by atoms with Crippen LogP contribution in [0.2, 0.25) is 0 Å². The van der Waals surface area contributed by atoms with E-state index in [1.54, 1.807) is 0 Å². The fourth-order valence-electron chi connectivity index (χ4n) is 1.71. The maximum absolute atomic E-state index is 11.4. The van der Waals surface area contributed by atoms with Gasteiger partial charge in [0.25, 0.3) is 0 Å². The Morgan fingerprint density at radius 2 is 2.11 bits per heavy atom. The van der Waals surface area contributed by atoms with Crippen LogP contribution in [0.3, 0.4) is 0 Å². The third-order valence-electron chi connectivity index (χ3n) is 2.72. The molecule has 0 aliphatic heterocycles. The maximum atomic E-state index is 11.4. The van der Waals surface area contributed by atoms with E-state index in [1.807, 2.05) is 20.0 Å². The first-order valence-corrected chi connectivity index (χ1v) is 8.01. The molecule has 0 saturated heterocycles. The lowest BCUT2D eigenvalue weighted by Crippen LogP contribution is -2.09. The number of esters is 1. The van der Waals surface area contributed by atoms with Crippen LogP contribution in [-0.4, -0.2) is 22.5 Å². The minimum absolute atomic E-state index is 0.0608. The Bertz CT molecular complexity index is 377. The van der Waals surface area contributed by atoms with Crippen LogP contribution in [0.25, 0.3) is 0 Å². The molecule has 1 heterocycles. The van der Waals surface area contributed by atoms with Crippen molar-refractivity contribution < 1.29 is 9.53 Å². The number of nitrogens with zero attached hydrogens (tertiary/aromatic N) is 1. The van der Waals surface area contributed by atoms with Crippen molar-refractivity contribution in [1.82, 2.24) is 9.97 Å². The molecule has 19 heavy (non-hydrogen) atoms. The van der Waals surface area contributed by atoms with Crippen LogP contribution in [0.4, 0.5) is 0 Å². The first kappa shape index (κ1) is 16.5. The van der Waals surface area contributed by atoms with Gasteiger partial charge in [-0.1, -0.05) is 26.7 Å². The van der Waals surface area contributed by atoms with Gasteiger partial charge in [0.05, 0.1) is 16.5 Å². The van der Waals surface area contributed by atoms with E-state index in [1.165, 1.54) is 0 Å². The number of H-pyrrole nitrogens is 1. The van der Waals surface area contributed by atoms with Crippen LogP contribution in [-0.2, 0) is 16.0 Å². The molecule has 0 aliphatic carbocycles. The van der Waals surface area contributed by atoms with E-state index in [9.17, 15) is 4.79 Å². The number of unbranched alkanes of at least 4 members (excludes halogenated alkanes) is 3. The normalized spacial score (nSPS) is 10.9. The molecule has 4 nitrogen and oxygen atoms in total. The summed E-state index contributed by atoms with van der Waals surface area (Å²) in [5.74, 6) is 1.41. The number of imidazole rings is 1. The zero-order chi connectivity index (χ0) is 14.1. The highest BCUT2D eigenvalue weighted by Gasteiger charge is 2.04.